The van der Waals surface area contributed by atoms with E-state index in [1.807, 2.05) is 67.3 Å². The van der Waals surface area contributed by atoms with Crippen LogP contribution in [0.4, 0.5) is 34.1 Å². The van der Waals surface area contributed by atoms with Crippen molar-refractivity contribution in [1.82, 2.24) is 9.80 Å². The van der Waals surface area contributed by atoms with E-state index < -0.39 is 6.98 Å². The molecule has 0 bridgehead atoms. The number of nitrogens with zero attached hydrogens (tertiary/aromatic N) is 8. The van der Waals surface area contributed by atoms with E-state index in [-0.39, 0.29) is 6.67 Å². The van der Waals surface area contributed by atoms with Crippen LogP contribution < -0.4 is 38.9 Å². The summed E-state index contributed by atoms with van der Waals surface area (Å²) < 4.78 is 36.8. The number of benzene rings is 5. The Morgan fingerprint density at radius 2 is 0.613 bits per heavy atom. The van der Waals surface area contributed by atoms with Crippen molar-refractivity contribution in [3.63, 3.8) is 0 Å². The van der Waals surface area contributed by atoms with Gasteiger partial charge in [0.05, 0.1) is 26.7 Å². The van der Waals surface area contributed by atoms with E-state index in [9.17, 15) is 0 Å². The van der Waals surface area contributed by atoms with Gasteiger partial charge in [0.2, 0.25) is 0 Å². The van der Waals surface area contributed by atoms with E-state index in [2.05, 4.69) is 151 Å². The first-order valence-corrected chi connectivity index (χ1v) is 21.3. The lowest BCUT2D eigenvalue weighted by molar-refractivity contribution is 0.459. The van der Waals surface area contributed by atoms with Crippen LogP contribution in [-0.2, 0) is 0 Å². The first-order valence-electron chi connectivity index (χ1n) is 22.8. The molecule has 4 aliphatic heterocycles. The van der Waals surface area contributed by atoms with E-state index in [0.29, 0.717) is 19.1 Å². The van der Waals surface area contributed by atoms with Crippen LogP contribution in [0.1, 0.15) is 59.5 Å². The van der Waals surface area contributed by atoms with Crippen LogP contribution in [-0.4, -0.2) is 50.5 Å². The van der Waals surface area contributed by atoms with Gasteiger partial charge < -0.3 is 48.7 Å². The summed E-state index contributed by atoms with van der Waals surface area (Å²) in [7, 11) is 2.12. The Hall–Kier alpha value is -6.94. The van der Waals surface area contributed by atoms with Crippen molar-refractivity contribution in [2.45, 2.75) is 55.4 Å². The van der Waals surface area contributed by atoms with E-state index in [0.717, 1.165) is 69.4 Å². The van der Waals surface area contributed by atoms with Gasteiger partial charge in [0, 0.05) is 122 Å². The van der Waals surface area contributed by atoms with Gasteiger partial charge >= 0.3 is 0 Å². The largest absolute Gasteiger partial charge is 0.457 e. The van der Waals surface area contributed by atoms with Gasteiger partial charge in [-0.3, -0.25) is 0 Å². The van der Waals surface area contributed by atoms with Crippen molar-refractivity contribution >= 4 is 34.1 Å². The summed E-state index contributed by atoms with van der Waals surface area (Å²) in [5, 5.41) is 0. The summed E-state index contributed by atoms with van der Waals surface area (Å²) in [6.45, 7) is 17.1. The van der Waals surface area contributed by atoms with Gasteiger partial charge in [-0.2, -0.15) is 0 Å². The van der Waals surface area contributed by atoms with Gasteiger partial charge in [0.15, 0.2) is 0 Å². The van der Waals surface area contributed by atoms with Crippen LogP contribution in [0.25, 0.3) is 0 Å². The van der Waals surface area contributed by atoms with E-state index >= 15 is 0 Å². The van der Waals surface area contributed by atoms with Crippen LogP contribution in [0.2, 0.25) is 0 Å². The van der Waals surface area contributed by atoms with Crippen molar-refractivity contribution in [2.75, 3.05) is 70.1 Å². The zero-order valence-corrected chi connectivity index (χ0v) is 37.3. The molecule has 0 saturated carbocycles. The van der Waals surface area contributed by atoms with Crippen LogP contribution in [0.5, 0.6) is 23.0 Å². The Balaban J connectivity index is 0.852. The van der Waals surface area contributed by atoms with Crippen LogP contribution >= 0.6 is 0 Å². The number of anilines is 6. The molecule has 4 heterocycles. The highest BCUT2D eigenvalue weighted by Crippen LogP contribution is 2.40. The standard InChI is InChI=1S/C52H58N8O2/c1-35-37(3)55(31-53(35)9)45-15-11-19-49(27-45)61-51-21-13-17-47(29-51)59-33-57(39(5)41(59)7)43-23-25-44(26-24-43)58-34-60(42(8)40(58)6)48-18-14-22-52(30-48)62-50-20-12-16-46(28-50)56-32-54(10)36(2)38(56)4/h11-30H,31-34H2,1-10H3/i9D3. The Morgan fingerprint density at radius 3 is 0.903 bits per heavy atom. The smallest absolute Gasteiger partial charge is 0.129 e. The fourth-order valence-corrected chi connectivity index (χ4v) is 8.72. The van der Waals surface area contributed by atoms with Crippen molar-refractivity contribution < 1.29 is 13.6 Å². The molecule has 0 N–H and O–H groups in total. The van der Waals surface area contributed by atoms with E-state index in [1.54, 1.807) is 0 Å². The van der Waals surface area contributed by atoms with Gasteiger partial charge in [-0.15, -0.1) is 0 Å². The zero-order valence-electron chi connectivity index (χ0n) is 40.3. The summed E-state index contributed by atoms with van der Waals surface area (Å²) >= 11 is 0. The average Bonchev–Trinajstić information content (AvgIpc) is 3.97. The molecule has 0 spiro atoms. The minimum absolute atomic E-state index is 0.262. The molecule has 0 saturated heterocycles. The molecule has 62 heavy (non-hydrogen) atoms. The maximum Gasteiger partial charge on any atom is 0.129 e. The Morgan fingerprint density at radius 1 is 0.339 bits per heavy atom. The van der Waals surface area contributed by atoms with Crippen LogP contribution in [0, 0.1) is 0 Å². The van der Waals surface area contributed by atoms with Crippen molar-refractivity contribution in [1.29, 1.82) is 0 Å². The molecule has 0 aliphatic carbocycles. The summed E-state index contributed by atoms with van der Waals surface area (Å²) in [5.41, 5.74) is 15.3. The molecule has 0 unspecified atom stereocenters. The first kappa shape index (κ1) is 36.9. The zero-order chi connectivity index (χ0) is 45.9. The highest BCUT2D eigenvalue weighted by atomic mass is 16.5. The molecule has 4 aliphatic rings. The van der Waals surface area contributed by atoms with Crippen molar-refractivity contribution in [2.24, 2.45) is 0 Å². The number of ether oxygens (including phenoxy) is 2. The van der Waals surface area contributed by atoms with E-state index in [4.69, 9.17) is 13.6 Å². The van der Waals surface area contributed by atoms with Crippen molar-refractivity contribution in [3.8, 4) is 23.0 Å². The van der Waals surface area contributed by atoms with Gasteiger partial charge in [-0.05, 0) is 128 Å². The van der Waals surface area contributed by atoms with Crippen LogP contribution in [0.3, 0.4) is 0 Å². The Kier molecular flexibility index (Phi) is 9.61. The predicted molar refractivity (Wildman–Crippen MR) is 256 cm³/mol. The van der Waals surface area contributed by atoms with Crippen molar-refractivity contribution in [3.05, 3.63) is 167 Å². The molecule has 10 nitrogen and oxygen atoms in total. The molecule has 0 fully saturated rings. The molecule has 318 valence electrons. The van der Waals surface area contributed by atoms with Gasteiger partial charge in [-0.25, -0.2) is 0 Å². The Labute approximate surface area is 371 Å². The molecule has 5 aromatic carbocycles. The summed E-state index contributed by atoms with van der Waals surface area (Å²) in [6.07, 6.45) is 0. The summed E-state index contributed by atoms with van der Waals surface area (Å²) in [4.78, 5) is 17.4. The maximum absolute atomic E-state index is 7.97. The second-order valence-electron chi connectivity index (χ2n) is 16.7. The third-order valence-electron chi connectivity index (χ3n) is 13.2. The lowest BCUT2D eigenvalue weighted by atomic mass is 10.2. The molecular weight excluding hydrogens is 769 g/mol. The topological polar surface area (TPSA) is 44.4 Å². The average molecular weight is 830 g/mol. The second kappa shape index (κ2) is 16.2. The normalized spacial score (nSPS) is 18.0. The van der Waals surface area contributed by atoms with Gasteiger partial charge in [0.25, 0.3) is 0 Å². The minimum atomic E-state index is -2.20. The SMILES string of the molecule is [2H]C([2H])([2H])N1CN(c2cccc(Oc3cccc(N4CN(c5ccc(N6CN(c7cccc(Oc8cccc(N9CN(C)C(C)=C9C)c8)c7)C(C)=C6C)cc5)C(C)=C4C)c3)c2)C(C)=C1C. The highest BCUT2D eigenvalue weighted by molar-refractivity contribution is 5.70. The summed E-state index contributed by atoms with van der Waals surface area (Å²) in [5.74, 6) is 3.01. The van der Waals surface area contributed by atoms with Crippen LogP contribution in [0.15, 0.2) is 167 Å². The molecule has 9 rings (SSSR count). The second-order valence-corrected chi connectivity index (χ2v) is 16.7. The molecule has 5 aromatic rings. The van der Waals surface area contributed by atoms with Gasteiger partial charge in [0.1, 0.15) is 23.0 Å². The number of hydrogen-bond acceptors (Lipinski definition) is 10. The quantitative estimate of drug-likeness (QED) is 0.136. The maximum atomic E-state index is 7.97. The molecule has 10 heteroatoms. The monoisotopic (exact) mass is 829 g/mol. The summed E-state index contributed by atoms with van der Waals surface area (Å²) in [6, 6.07) is 41.5. The molecule has 0 amide bonds. The number of hydrogen-bond donors (Lipinski definition) is 0. The van der Waals surface area contributed by atoms with E-state index in [1.165, 1.54) is 39.1 Å². The lowest BCUT2D eigenvalue weighted by Crippen LogP contribution is -2.28. The minimum Gasteiger partial charge on any atom is -0.457 e. The Bertz CT molecular complexity index is 2780. The highest BCUT2D eigenvalue weighted by Gasteiger charge is 2.29. The predicted octanol–water partition coefficient (Wildman–Crippen LogP) is 12.3. The molecular formula is C52H58N8O2. The lowest BCUT2D eigenvalue weighted by Gasteiger charge is -2.26. The third kappa shape index (κ3) is 7.44. The third-order valence-corrected chi connectivity index (χ3v) is 13.2. The fraction of sp³-hybridized carbons (Fsp3) is 0.269. The van der Waals surface area contributed by atoms with Gasteiger partial charge in [-0.1, -0.05) is 24.3 Å². The first-order chi connectivity index (χ1) is 31.0. The number of allylic oxidation sites excluding steroid dienone is 8. The molecule has 0 aromatic heterocycles. The molecule has 0 radical (unpaired) electrons. The number of rotatable bonds is 10. The fourth-order valence-electron chi connectivity index (χ4n) is 8.72. The molecule has 0 atom stereocenters.